The summed E-state index contributed by atoms with van der Waals surface area (Å²) in [6.45, 7) is 7.38. The summed E-state index contributed by atoms with van der Waals surface area (Å²) in [7, 11) is 0. The van der Waals surface area contributed by atoms with Crippen molar-refractivity contribution in [2.24, 2.45) is 11.5 Å². The van der Waals surface area contributed by atoms with E-state index in [4.69, 9.17) is 16.2 Å². The highest BCUT2D eigenvalue weighted by Gasteiger charge is 2.23. The van der Waals surface area contributed by atoms with Crippen LogP contribution < -0.4 is 16.2 Å². The Morgan fingerprint density at radius 2 is 1.10 bits per heavy atom. The molecule has 3 aromatic rings. The molecule has 0 aliphatic heterocycles. The van der Waals surface area contributed by atoms with Gasteiger partial charge in [-0.25, -0.2) is 0 Å². The van der Waals surface area contributed by atoms with Gasteiger partial charge in [0.05, 0.1) is 5.54 Å². The fraction of sp³-hybridized carbons (Fsp3) is 0.240. The van der Waals surface area contributed by atoms with Crippen LogP contribution in [0.1, 0.15) is 43.6 Å². The predicted octanol–water partition coefficient (Wildman–Crippen LogP) is 5.26. The molecule has 0 unspecified atom stereocenters. The number of nitrogens with two attached hydrogens (primary N) is 2. The fourth-order valence-corrected chi connectivity index (χ4v) is 2.99. The van der Waals surface area contributed by atoms with Crippen LogP contribution in [0.5, 0.6) is 11.5 Å². The average molecular weight is 389 g/mol. The summed E-state index contributed by atoms with van der Waals surface area (Å²) in [5, 5.41) is 0. The number of carbonyl (C=O) groups excluding carboxylic acids is 1. The van der Waals surface area contributed by atoms with Gasteiger partial charge in [-0.2, -0.15) is 0 Å². The minimum absolute atomic E-state index is 0.0724. The van der Waals surface area contributed by atoms with Crippen molar-refractivity contribution in [2.45, 2.75) is 38.8 Å². The van der Waals surface area contributed by atoms with Gasteiger partial charge in [-0.05, 0) is 68.7 Å². The minimum Gasteiger partial charge on any atom is -0.457 e. The van der Waals surface area contributed by atoms with Crippen molar-refractivity contribution in [3.63, 3.8) is 0 Å². The Bertz CT molecular complexity index is 975. The Morgan fingerprint density at radius 1 is 0.690 bits per heavy atom. The van der Waals surface area contributed by atoms with Crippen molar-refractivity contribution < 1.29 is 9.53 Å². The lowest BCUT2D eigenvalue weighted by Gasteiger charge is -2.19. The molecule has 0 atom stereocenters. The summed E-state index contributed by atoms with van der Waals surface area (Å²) in [5.41, 5.74) is 14.5. The van der Waals surface area contributed by atoms with Crippen LogP contribution in [0, 0.1) is 0 Å². The quantitative estimate of drug-likeness (QED) is 0.565. The van der Waals surface area contributed by atoms with Gasteiger partial charge in [-0.3, -0.25) is 4.79 Å². The van der Waals surface area contributed by atoms with Crippen molar-refractivity contribution in [2.75, 3.05) is 0 Å². The molecule has 150 valence electrons. The number of ether oxygens (including phenoxy) is 1. The lowest BCUT2D eigenvalue weighted by atomic mass is 9.93. The Kier molecular flexibility index (Phi) is 5.60. The molecular weight excluding hydrogens is 360 g/mol. The van der Waals surface area contributed by atoms with E-state index in [9.17, 15) is 4.79 Å². The second-order valence-corrected chi connectivity index (χ2v) is 8.50. The van der Waals surface area contributed by atoms with E-state index in [-0.39, 0.29) is 11.3 Å². The van der Waals surface area contributed by atoms with Gasteiger partial charge < -0.3 is 16.2 Å². The zero-order chi connectivity index (χ0) is 21.2. The first kappa shape index (κ1) is 20.8. The van der Waals surface area contributed by atoms with Crippen molar-refractivity contribution in [3.8, 4) is 22.6 Å². The Labute approximate surface area is 172 Å². The SMILES string of the molecule is CC(C)(N)C(=O)c1ccc(-c2ccc(Oc3ccc(C(C)(C)N)cc3)cc2)cc1. The first-order valence-corrected chi connectivity index (χ1v) is 9.65. The zero-order valence-corrected chi connectivity index (χ0v) is 17.4. The lowest BCUT2D eigenvalue weighted by molar-refractivity contribution is 0.0913. The molecule has 0 heterocycles. The van der Waals surface area contributed by atoms with Crippen molar-refractivity contribution in [1.82, 2.24) is 0 Å². The molecule has 4 heteroatoms. The minimum atomic E-state index is -0.876. The molecule has 0 aliphatic carbocycles. The molecule has 0 saturated carbocycles. The molecule has 0 fully saturated rings. The van der Waals surface area contributed by atoms with E-state index >= 15 is 0 Å². The van der Waals surface area contributed by atoms with Crippen molar-refractivity contribution >= 4 is 5.78 Å². The van der Waals surface area contributed by atoms with Crippen LogP contribution in [0.15, 0.2) is 72.8 Å². The molecule has 0 spiro atoms. The summed E-state index contributed by atoms with van der Waals surface area (Å²) in [4.78, 5) is 12.3. The predicted molar refractivity (Wildman–Crippen MR) is 118 cm³/mol. The summed E-state index contributed by atoms with van der Waals surface area (Å²) in [6.07, 6.45) is 0. The molecule has 0 saturated heterocycles. The van der Waals surface area contributed by atoms with Crippen LogP contribution >= 0.6 is 0 Å². The van der Waals surface area contributed by atoms with E-state index in [0.717, 1.165) is 28.2 Å². The number of carbonyl (C=O) groups is 1. The maximum atomic E-state index is 12.3. The first-order chi connectivity index (χ1) is 13.5. The van der Waals surface area contributed by atoms with Gasteiger partial charge in [0.25, 0.3) is 0 Å². The standard InChI is InChI=1S/C25H28N2O2/c1-24(2,26)20-11-15-22(16-12-20)29-21-13-9-18(10-14-21)17-5-7-19(8-6-17)23(28)25(3,4)27/h5-16H,26-27H2,1-4H3. The zero-order valence-electron chi connectivity index (χ0n) is 17.4. The van der Waals surface area contributed by atoms with Crippen LogP contribution in [-0.4, -0.2) is 11.3 Å². The van der Waals surface area contributed by atoms with Gasteiger partial charge in [-0.15, -0.1) is 0 Å². The number of rotatable bonds is 6. The second kappa shape index (κ2) is 7.82. The van der Waals surface area contributed by atoms with Crippen molar-refractivity contribution in [3.05, 3.63) is 83.9 Å². The first-order valence-electron chi connectivity index (χ1n) is 9.65. The van der Waals surface area contributed by atoms with Gasteiger partial charge in [-0.1, -0.05) is 48.5 Å². The van der Waals surface area contributed by atoms with E-state index in [1.165, 1.54) is 0 Å². The van der Waals surface area contributed by atoms with Crippen LogP contribution in [0.2, 0.25) is 0 Å². The molecule has 4 N–H and O–H groups in total. The van der Waals surface area contributed by atoms with Crippen LogP contribution in [0.25, 0.3) is 11.1 Å². The Morgan fingerprint density at radius 3 is 1.52 bits per heavy atom. The van der Waals surface area contributed by atoms with E-state index in [0.29, 0.717) is 5.56 Å². The third-order valence-electron chi connectivity index (χ3n) is 4.75. The smallest absolute Gasteiger partial charge is 0.182 e. The molecule has 0 radical (unpaired) electrons. The van der Waals surface area contributed by atoms with E-state index in [1.54, 1.807) is 13.8 Å². The van der Waals surface area contributed by atoms with Gasteiger partial charge in [0.15, 0.2) is 5.78 Å². The number of hydrogen-bond donors (Lipinski definition) is 2. The molecule has 3 rings (SSSR count). The summed E-state index contributed by atoms with van der Waals surface area (Å²) < 4.78 is 5.93. The van der Waals surface area contributed by atoms with Gasteiger partial charge in [0.1, 0.15) is 11.5 Å². The van der Waals surface area contributed by atoms with Gasteiger partial charge >= 0.3 is 0 Å². The third kappa shape index (κ3) is 5.11. The van der Waals surface area contributed by atoms with E-state index in [1.807, 2.05) is 86.6 Å². The molecule has 0 bridgehead atoms. The summed E-state index contributed by atoms with van der Waals surface area (Å²) >= 11 is 0. The molecule has 0 amide bonds. The number of hydrogen-bond acceptors (Lipinski definition) is 4. The molecule has 4 nitrogen and oxygen atoms in total. The maximum Gasteiger partial charge on any atom is 0.182 e. The van der Waals surface area contributed by atoms with Gasteiger partial charge in [0, 0.05) is 11.1 Å². The largest absolute Gasteiger partial charge is 0.457 e. The third-order valence-corrected chi connectivity index (χ3v) is 4.75. The van der Waals surface area contributed by atoms with Crippen LogP contribution in [0.3, 0.4) is 0 Å². The monoisotopic (exact) mass is 388 g/mol. The molecule has 0 aromatic heterocycles. The normalized spacial score (nSPS) is 11.9. The maximum absolute atomic E-state index is 12.3. The number of benzene rings is 3. The molecule has 0 aliphatic rings. The van der Waals surface area contributed by atoms with Crippen molar-refractivity contribution in [1.29, 1.82) is 0 Å². The summed E-state index contributed by atoms with van der Waals surface area (Å²) in [6, 6.07) is 23.2. The molecule has 3 aromatic carbocycles. The topological polar surface area (TPSA) is 78.3 Å². The number of ketones is 1. The highest BCUT2D eigenvalue weighted by molar-refractivity contribution is 6.02. The molecular formula is C25H28N2O2. The van der Waals surface area contributed by atoms with E-state index in [2.05, 4.69) is 0 Å². The Balaban J connectivity index is 1.71. The Hall–Kier alpha value is -2.95. The van der Waals surface area contributed by atoms with Crippen LogP contribution in [-0.2, 0) is 5.54 Å². The van der Waals surface area contributed by atoms with Crippen LogP contribution in [0.4, 0.5) is 0 Å². The highest BCUT2D eigenvalue weighted by Crippen LogP contribution is 2.28. The summed E-state index contributed by atoms with van der Waals surface area (Å²) in [5.74, 6) is 1.44. The lowest BCUT2D eigenvalue weighted by Crippen LogP contribution is -2.41. The fourth-order valence-electron chi connectivity index (χ4n) is 2.99. The second-order valence-electron chi connectivity index (χ2n) is 8.50. The number of Topliss-reactive ketones (excluding diaryl/α,β-unsaturated/α-hetero) is 1. The molecule has 29 heavy (non-hydrogen) atoms. The van der Waals surface area contributed by atoms with Gasteiger partial charge in [0.2, 0.25) is 0 Å². The van der Waals surface area contributed by atoms with E-state index < -0.39 is 5.54 Å². The highest BCUT2D eigenvalue weighted by atomic mass is 16.5. The average Bonchev–Trinajstić information content (AvgIpc) is 2.67.